The van der Waals surface area contributed by atoms with E-state index in [1.807, 2.05) is 39.0 Å². The lowest BCUT2D eigenvalue weighted by atomic mass is 10.1. The Hall–Kier alpha value is -3.61. The lowest BCUT2D eigenvalue weighted by Crippen LogP contribution is -2.32. The standard InChI is InChI=1S/C26H21Cl2N3O3/c1-14-7-10-21(16(3)11-14)30-24(32)17-5-4-6-18(12-17)29-23-22(28)25(33)31(26(23)34)19-9-8-15(2)20(27)13-19/h4-13,29H,1-3H3,(H,30,32). The molecule has 0 unspecified atom stereocenters. The highest BCUT2D eigenvalue weighted by molar-refractivity contribution is 6.53. The molecule has 3 aromatic carbocycles. The van der Waals surface area contributed by atoms with Crippen molar-refractivity contribution in [1.82, 2.24) is 0 Å². The summed E-state index contributed by atoms with van der Waals surface area (Å²) in [6, 6.07) is 17.2. The van der Waals surface area contributed by atoms with Crippen molar-refractivity contribution in [2.75, 3.05) is 15.5 Å². The summed E-state index contributed by atoms with van der Waals surface area (Å²) in [4.78, 5) is 39.5. The van der Waals surface area contributed by atoms with Gasteiger partial charge in [-0.3, -0.25) is 14.4 Å². The van der Waals surface area contributed by atoms with Gasteiger partial charge in [0.25, 0.3) is 17.7 Å². The van der Waals surface area contributed by atoms with Gasteiger partial charge in [0.1, 0.15) is 10.7 Å². The topological polar surface area (TPSA) is 78.5 Å². The van der Waals surface area contributed by atoms with E-state index in [4.69, 9.17) is 23.2 Å². The average molecular weight is 494 g/mol. The van der Waals surface area contributed by atoms with E-state index in [-0.39, 0.29) is 16.6 Å². The van der Waals surface area contributed by atoms with Gasteiger partial charge in [-0.2, -0.15) is 0 Å². The molecule has 0 atom stereocenters. The molecule has 34 heavy (non-hydrogen) atoms. The molecule has 3 aromatic rings. The van der Waals surface area contributed by atoms with Gasteiger partial charge < -0.3 is 10.6 Å². The summed E-state index contributed by atoms with van der Waals surface area (Å²) < 4.78 is 0. The Morgan fingerprint density at radius 1 is 0.853 bits per heavy atom. The number of anilines is 3. The second kappa shape index (κ2) is 9.33. The van der Waals surface area contributed by atoms with Crippen molar-refractivity contribution in [3.63, 3.8) is 0 Å². The average Bonchev–Trinajstić information content (AvgIpc) is 3.01. The third kappa shape index (κ3) is 4.55. The predicted molar refractivity (Wildman–Crippen MR) is 135 cm³/mol. The first-order valence-corrected chi connectivity index (χ1v) is 11.2. The Labute approximate surface area is 207 Å². The molecule has 0 fully saturated rings. The smallest absolute Gasteiger partial charge is 0.283 e. The minimum atomic E-state index is -0.655. The van der Waals surface area contributed by atoms with Gasteiger partial charge >= 0.3 is 0 Å². The highest BCUT2D eigenvalue weighted by Gasteiger charge is 2.39. The van der Waals surface area contributed by atoms with E-state index in [0.29, 0.717) is 27.6 Å². The number of carbonyl (C=O) groups excluding carboxylic acids is 3. The number of hydrogen-bond acceptors (Lipinski definition) is 4. The molecule has 0 aromatic heterocycles. The van der Waals surface area contributed by atoms with Gasteiger partial charge in [0.05, 0.1) is 5.69 Å². The minimum Gasteiger partial charge on any atom is -0.350 e. The third-order valence-electron chi connectivity index (χ3n) is 5.47. The molecule has 4 rings (SSSR count). The molecule has 172 valence electrons. The van der Waals surface area contributed by atoms with Crippen LogP contribution in [0.5, 0.6) is 0 Å². The fourth-order valence-electron chi connectivity index (χ4n) is 3.60. The van der Waals surface area contributed by atoms with Crippen LogP contribution in [0.3, 0.4) is 0 Å². The number of nitrogens with one attached hydrogen (secondary N) is 2. The summed E-state index contributed by atoms with van der Waals surface area (Å²) in [5.41, 5.74) is 4.64. The summed E-state index contributed by atoms with van der Waals surface area (Å²) in [6.07, 6.45) is 0. The number of amides is 3. The Kier molecular flexibility index (Phi) is 6.46. The van der Waals surface area contributed by atoms with Crippen molar-refractivity contribution in [2.24, 2.45) is 0 Å². The van der Waals surface area contributed by atoms with E-state index >= 15 is 0 Å². The largest absolute Gasteiger partial charge is 0.350 e. The fraction of sp³-hybridized carbons (Fsp3) is 0.115. The molecule has 1 heterocycles. The van der Waals surface area contributed by atoms with Crippen LogP contribution in [0.2, 0.25) is 5.02 Å². The van der Waals surface area contributed by atoms with E-state index in [9.17, 15) is 14.4 Å². The second-order valence-corrected chi connectivity index (χ2v) is 8.83. The normalized spacial score (nSPS) is 13.5. The monoisotopic (exact) mass is 493 g/mol. The Bertz CT molecular complexity index is 1380. The lowest BCUT2D eigenvalue weighted by Gasteiger charge is -2.16. The summed E-state index contributed by atoms with van der Waals surface area (Å²) >= 11 is 12.4. The van der Waals surface area contributed by atoms with E-state index < -0.39 is 11.8 Å². The van der Waals surface area contributed by atoms with Crippen molar-refractivity contribution in [1.29, 1.82) is 0 Å². The van der Waals surface area contributed by atoms with Crippen molar-refractivity contribution >= 4 is 58.0 Å². The first-order chi connectivity index (χ1) is 16.2. The molecule has 8 heteroatoms. The third-order valence-corrected chi connectivity index (χ3v) is 6.22. The molecule has 0 bridgehead atoms. The molecule has 2 N–H and O–H groups in total. The molecule has 1 aliphatic heterocycles. The fourth-order valence-corrected chi connectivity index (χ4v) is 3.98. The summed E-state index contributed by atoms with van der Waals surface area (Å²) in [6.45, 7) is 5.73. The molecule has 0 radical (unpaired) electrons. The number of carbonyl (C=O) groups is 3. The first kappa shape index (κ1) is 23.5. The van der Waals surface area contributed by atoms with Crippen LogP contribution in [-0.4, -0.2) is 17.7 Å². The van der Waals surface area contributed by atoms with Gasteiger partial charge in [0, 0.05) is 22.0 Å². The minimum absolute atomic E-state index is 0.0738. The zero-order valence-electron chi connectivity index (χ0n) is 18.7. The van der Waals surface area contributed by atoms with Gasteiger partial charge in [-0.1, -0.05) is 53.0 Å². The summed E-state index contributed by atoms with van der Waals surface area (Å²) in [5.74, 6) is -1.57. The van der Waals surface area contributed by atoms with E-state index in [0.717, 1.165) is 21.6 Å². The molecule has 0 spiro atoms. The number of benzene rings is 3. The second-order valence-electron chi connectivity index (χ2n) is 8.05. The summed E-state index contributed by atoms with van der Waals surface area (Å²) in [7, 11) is 0. The maximum absolute atomic E-state index is 13.0. The van der Waals surface area contributed by atoms with Crippen LogP contribution < -0.4 is 15.5 Å². The highest BCUT2D eigenvalue weighted by Crippen LogP contribution is 2.32. The SMILES string of the molecule is Cc1ccc(NC(=O)c2cccc(NC3=C(Cl)C(=O)N(c4ccc(C)c(Cl)c4)C3=O)c2)c(C)c1. The van der Waals surface area contributed by atoms with Crippen molar-refractivity contribution in [3.8, 4) is 0 Å². The molecular formula is C26H21Cl2N3O3. The molecule has 0 aliphatic carbocycles. The number of nitrogens with zero attached hydrogens (tertiary/aromatic N) is 1. The maximum atomic E-state index is 13.0. The van der Waals surface area contributed by atoms with Crippen LogP contribution in [0.1, 0.15) is 27.0 Å². The number of rotatable bonds is 5. The van der Waals surface area contributed by atoms with E-state index in [1.54, 1.807) is 36.4 Å². The number of imide groups is 1. The lowest BCUT2D eigenvalue weighted by molar-refractivity contribution is -0.120. The van der Waals surface area contributed by atoms with Crippen LogP contribution in [0.15, 0.2) is 71.4 Å². The van der Waals surface area contributed by atoms with Crippen molar-refractivity contribution in [2.45, 2.75) is 20.8 Å². The highest BCUT2D eigenvalue weighted by atomic mass is 35.5. The van der Waals surface area contributed by atoms with Crippen LogP contribution >= 0.6 is 23.2 Å². The number of hydrogen-bond donors (Lipinski definition) is 2. The number of aryl methyl sites for hydroxylation is 3. The Morgan fingerprint density at radius 2 is 1.62 bits per heavy atom. The molecule has 0 saturated heterocycles. The first-order valence-electron chi connectivity index (χ1n) is 10.5. The van der Waals surface area contributed by atoms with Crippen molar-refractivity contribution < 1.29 is 14.4 Å². The van der Waals surface area contributed by atoms with Crippen LogP contribution in [-0.2, 0) is 9.59 Å². The van der Waals surface area contributed by atoms with Gasteiger partial charge in [0.15, 0.2) is 0 Å². The Balaban J connectivity index is 1.55. The zero-order chi connectivity index (χ0) is 24.6. The Morgan fingerprint density at radius 3 is 2.32 bits per heavy atom. The summed E-state index contributed by atoms with van der Waals surface area (Å²) in [5, 5.41) is 5.97. The predicted octanol–water partition coefficient (Wildman–Crippen LogP) is 5.95. The molecule has 1 aliphatic rings. The molecule has 6 nitrogen and oxygen atoms in total. The zero-order valence-corrected chi connectivity index (χ0v) is 20.2. The quantitative estimate of drug-likeness (QED) is 0.430. The molecular weight excluding hydrogens is 473 g/mol. The van der Waals surface area contributed by atoms with Crippen LogP contribution in [0.4, 0.5) is 17.1 Å². The van der Waals surface area contributed by atoms with Gasteiger partial charge in [0.2, 0.25) is 0 Å². The molecule has 0 saturated carbocycles. The van der Waals surface area contributed by atoms with Gasteiger partial charge in [-0.25, -0.2) is 4.90 Å². The maximum Gasteiger partial charge on any atom is 0.283 e. The van der Waals surface area contributed by atoms with E-state index in [1.165, 1.54) is 6.07 Å². The van der Waals surface area contributed by atoms with Gasteiger partial charge in [-0.15, -0.1) is 0 Å². The number of halogens is 2. The van der Waals surface area contributed by atoms with Gasteiger partial charge in [-0.05, 0) is 68.3 Å². The van der Waals surface area contributed by atoms with E-state index in [2.05, 4.69) is 10.6 Å². The molecule has 3 amide bonds. The van der Waals surface area contributed by atoms with Crippen molar-refractivity contribution in [3.05, 3.63) is 98.7 Å². The van der Waals surface area contributed by atoms with Crippen LogP contribution in [0, 0.1) is 20.8 Å². The van der Waals surface area contributed by atoms with Crippen LogP contribution in [0.25, 0.3) is 0 Å².